The average molecular weight is 204 g/mol. The van der Waals surface area contributed by atoms with Crippen LogP contribution in [-0.2, 0) is 6.42 Å². The maximum Gasteiger partial charge on any atom is 0.0497 e. The molecule has 2 rings (SSSR count). The molecule has 1 aliphatic rings. The molecule has 1 aromatic carbocycles. The first-order valence-corrected chi connectivity index (χ1v) is 6.00. The molecule has 0 heterocycles. The van der Waals surface area contributed by atoms with Gasteiger partial charge in [0.1, 0.15) is 0 Å². The summed E-state index contributed by atoms with van der Waals surface area (Å²) < 4.78 is 0. The van der Waals surface area contributed by atoms with Crippen molar-refractivity contribution < 1.29 is 5.11 Å². The van der Waals surface area contributed by atoms with E-state index in [1.807, 2.05) is 0 Å². The summed E-state index contributed by atoms with van der Waals surface area (Å²) >= 11 is 0. The summed E-state index contributed by atoms with van der Waals surface area (Å²) in [7, 11) is 0. The highest BCUT2D eigenvalue weighted by Gasteiger charge is 2.28. The highest BCUT2D eigenvalue weighted by Crippen LogP contribution is 2.45. The molecule has 0 aliphatic heterocycles. The van der Waals surface area contributed by atoms with Gasteiger partial charge in [-0.25, -0.2) is 0 Å². The van der Waals surface area contributed by atoms with E-state index >= 15 is 0 Å². The molecule has 1 nitrogen and oxygen atoms in total. The van der Waals surface area contributed by atoms with Crippen LogP contribution in [0.2, 0.25) is 0 Å². The summed E-state index contributed by atoms with van der Waals surface area (Å²) in [6.45, 7) is 4.59. The summed E-state index contributed by atoms with van der Waals surface area (Å²) in [6, 6.07) is 6.56. The zero-order valence-corrected chi connectivity index (χ0v) is 9.66. The van der Waals surface area contributed by atoms with Crippen LogP contribution >= 0.6 is 0 Å². The summed E-state index contributed by atoms with van der Waals surface area (Å²) in [5, 5.41) is 9.28. The molecule has 1 fully saturated rings. The molecule has 0 saturated heterocycles. The number of aliphatic hydroxyl groups is 1. The summed E-state index contributed by atoms with van der Waals surface area (Å²) in [5.74, 6) is 1.07. The molecule has 1 unspecified atom stereocenters. The number of aryl methyl sites for hydroxylation is 1. The van der Waals surface area contributed by atoms with Gasteiger partial charge in [-0.15, -0.1) is 0 Å². The van der Waals surface area contributed by atoms with Gasteiger partial charge in [0.2, 0.25) is 0 Å². The van der Waals surface area contributed by atoms with Gasteiger partial charge in [-0.05, 0) is 41.9 Å². The second kappa shape index (κ2) is 4.36. The third kappa shape index (κ3) is 2.07. The largest absolute Gasteiger partial charge is 0.396 e. The Balaban J connectivity index is 2.43. The van der Waals surface area contributed by atoms with Gasteiger partial charge in [-0.3, -0.25) is 0 Å². The summed E-state index contributed by atoms with van der Waals surface area (Å²) in [5.41, 5.74) is 4.40. The van der Waals surface area contributed by atoms with Crippen LogP contribution in [0.5, 0.6) is 0 Å². The van der Waals surface area contributed by atoms with Gasteiger partial charge >= 0.3 is 0 Å². The quantitative estimate of drug-likeness (QED) is 0.798. The second-order valence-electron chi connectivity index (χ2n) is 4.63. The Hall–Kier alpha value is -0.820. The first-order chi connectivity index (χ1) is 7.27. The minimum absolute atomic E-state index is 0.257. The van der Waals surface area contributed by atoms with Gasteiger partial charge in [0.25, 0.3) is 0 Å². The van der Waals surface area contributed by atoms with Crippen molar-refractivity contribution in [1.82, 2.24) is 0 Å². The molecule has 0 spiro atoms. The smallest absolute Gasteiger partial charge is 0.0497 e. The zero-order valence-electron chi connectivity index (χ0n) is 9.66. The fraction of sp³-hybridized carbons (Fsp3) is 0.571. The van der Waals surface area contributed by atoms with E-state index in [0.717, 1.165) is 12.3 Å². The minimum atomic E-state index is 0.257. The predicted octanol–water partition coefficient (Wildman–Crippen LogP) is 3.22. The van der Waals surface area contributed by atoms with Gasteiger partial charge in [0.15, 0.2) is 0 Å². The minimum Gasteiger partial charge on any atom is -0.396 e. The van der Waals surface area contributed by atoms with Crippen LogP contribution in [0.15, 0.2) is 18.2 Å². The number of aliphatic hydroxyl groups excluding tert-OH is 1. The molecule has 1 N–H and O–H groups in total. The van der Waals surface area contributed by atoms with Gasteiger partial charge in [0, 0.05) is 12.5 Å². The third-order valence-electron chi connectivity index (χ3n) is 3.40. The van der Waals surface area contributed by atoms with Gasteiger partial charge in [0.05, 0.1) is 0 Å². The lowest BCUT2D eigenvalue weighted by molar-refractivity contribution is 0.272. The molecule has 82 valence electrons. The van der Waals surface area contributed by atoms with Crippen LogP contribution in [0.4, 0.5) is 0 Å². The molecule has 0 bridgehead atoms. The topological polar surface area (TPSA) is 20.2 Å². The lowest BCUT2D eigenvalue weighted by Crippen LogP contribution is -2.05. The van der Waals surface area contributed by atoms with E-state index in [1.165, 1.54) is 24.0 Å². The van der Waals surface area contributed by atoms with E-state index < -0.39 is 0 Å². The lowest BCUT2D eigenvalue weighted by Gasteiger charge is -2.17. The van der Waals surface area contributed by atoms with E-state index in [4.69, 9.17) is 0 Å². The third-order valence-corrected chi connectivity index (χ3v) is 3.40. The van der Waals surface area contributed by atoms with Crippen LogP contribution in [0, 0.1) is 0 Å². The summed E-state index contributed by atoms with van der Waals surface area (Å²) in [4.78, 5) is 0. The highest BCUT2D eigenvalue weighted by atomic mass is 16.3. The maximum atomic E-state index is 9.28. The molecule has 1 aromatic rings. The van der Waals surface area contributed by atoms with E-state index in [9.17, 15) is 5.11 Å². The van der Waals surface area contributed by atoms with Gasteiger partial charge in [-0.2, -0.15) is 0 Å². The van der Waals surface area contributed by atoms with Crippen LogP contribution < -0.4 is 0 Å². The summed E-state index contributed by atoms with van der Waals surface area (Å²) in [6.07, 6.45) is 3.78. The Morgan fingerprint density at radius 1 is 1.40 bits per heavy atom. The van der Waals surface area contributed by atoms with Gasteiger partial charge in [-0.1, -0.05) is 32.0 Å². The Morgan fingerprint density at radius 3 is 2.67 bits per heavy atom. The number of hydrogen-bond donors (Lipinski definition) is 1. The maximum absolute atomic E-state index is 9.28. The van der Waals surface area contributed by atoms with E-state index in [2.05, 4.69) is 32.0 Å². The van der Waals surface area contributed by atoms with Crippen molar-refractivity contribution in [2.45, 2.75) is 44.9 Å². The average Bonchev–Trinajstić information content (AvgIpc) is 3.10. The Bertz CT molecular complexity index is 339. The highest BCUT2D eigenvalue weighted by molar-refractivity contribution is 5.42. The second-order valence-corrected chi connectivity index (χ2v) is 4.63. The molecular weight excluding hydrogens is 184 g/mol. The monoisotopic (exact) mass is 204 g/mol. The van der Waals surface area contributed by atoms with Crippen molar-refractivity contribution in [3.05, 3.63) is 34.9 Å². The van der Waals surface area contributed by atoms with Crippen molar-refractivity contribution in [3.63, 3.8) is 0 Å². The van der Waals surface area contributed by atoms with Crippen molar-refractivity contribution >= 4 is 0 Å². The van der Waals surface area contributed by atoms with E-state index in [-0.39, 0.29) is 12.5 Å². The van der Waals surface area contributed by atoms with Crippen molar-refractivity contribution in [3.8, 4) is 0 Å². The normalized spacial score (nSPS) is 17.8. The van der Waals surface area contributed by atoms with E-state index in [1.54, 1.807) is 5.56 Å². The molecule has 1 heteroatoms. The molecule has 15 heavy (non-hydrogen) atoms. The molecule has 1 aliphatic carbocycles. The molecule has 0 amide bonds. The van der Waals surface area contributed by atoms with Crippen LogP contribution in [0.3, 0.4) is 0 Å². The Kier molecular flexibility index (Phi) is 3.11. The SMILES string of the molecule is CCc1cccc(C(C)CO)c1C1CC1. The van der Waals surface area contributed by atoms with Crippen LogP contribution in [0.1, 0.15) is 55.2 Å². The first kappa shape index (κ1) is 10.7. The van der Waals surface area contributed by atoms with Crippen LogP contribution in [0.25, 0.3) is 0 Å². The van der Waals surface area contributed by atoms with Crippen molar-refractivity contribution in [1.29, 1.82) is 0 Å². The number of benzene rings is 1. The van der Waals surface area contributed by atoms with Gasteiger partial charge < -0.3 is 5.11 Å². The fourth-order valence-corrected chi connectivity index (χ4v) is 2.34. The number of rotatable bonds is 4. The Labute approximate surface area is 92.1 Å². The zero-order chi connectivity index (χ0) is 10.8. The molecule has 0 radical (unpaired) electrons. The predicted molar refractivity (Wildman–Crippen MR) is 63.3 cm³/mol. The van der Waals surface area contributed by atoms with Crippen molar-refractivity contribution in [2.24, 2.45) is 0 Å². The van der Waals surface area contributed by atoms with E-state index in [0.29, 0.717) is 0 Å². The molecule has 1 saturated carbocycles. The molecular formula is C14H20O. The Morgan fingerprint density at radius 2 is 2.13 bits per heavy atom. The number of hydrogen-bond acceptors (Lipinski definition) is 1. The van der Waals surface area contributed by atoms with Crippen LogP contribution in [-0.4, -0.2) is 11.7 Å². The van der Waals surface area contributed by atoms with Crippen molar-refractivity contribution in [2.75, 3.05) is 6.61 Å². The lowest BCUT2D eigenvalue weighted by atomic mass is 9.89. The molecule has 0 aromatic heterocycles. The fourth-order valence-electron chi connectivity index (χ4n) is 2.34. The molecule has 1 atom stereocenters. The standard InChI is InChI=1S/C14H20O/c1-3-11-5-4-6-13(10(2)9-15)14(11)12-7-8-12/h4-6,10,12,15H,3,7-9H2,1-2H3. The first-order valence-electron chi connectivity index (χ1n) is 6.00.